The Labute approximate surface area is 85.8 Å². The van der Waals surface area contributed by atoms with E-state index in [0.29, 0.717) is 6.54 Å². The van der Waals surface area contributed by atoms with Crippen LogP contribution < -0.4 is 11.1 Å². The van der Waals surface area contributed by atoms with Crippen LogP contribution in [-0.4, -0.2) is 18.1 Å². The van der Waals surface area contributed by atoms with Crippen molar-refractivity contribution >= 4 is 16.5 Å². The molecule has 0 saturated carbocycles. The van der Waals surface area contributed by atoms with E-state index < -0.39 is 0 Å². The number of aromatic nitrogens is 1. The maximum absolute atomic E-state index is 5.38. The van der Waals surface area contributed by atoms with E-state index >= 15 is 0 Å². The van der Waals surface area contributed by atoms with Crippen molar-refractivity contribution in [1.82, 2.24) is 4.98 Å². The van der Waals surface area contributed by atoms with Gasteiger partial charge in [0, 0.05) is 24.0 Å². The van der Waals surface area contributed by atoms with Crippen LogP contribution in [0, 0.1) is 0 Å². The Kier molecular flexibility index (Phi) is 2.81. The summed E-state index contributed by atoms with van der Waals surface area (Å²) in [7, 11) is 0. The molecular weight excluding hydrogens is 198 g/mol. The molecule has 2 rings (SSSR count). The summed E-state index contributed by atoms with van der Waals surface area (Å²) >= 11 is 1.57. The highest BCUT2D eigenvalue weighted by Gasteiger charge is 2.04. The predicted molar refractivity (Wildman–Crippen MR) is 57.4 cm³/mol. The summed E-state index contributed by atoms with van der Waals surface area (Å²) < 4.78 is 4.98. The maximum atomic E-state index is 5.38. The highest BCUT2D eigenvalue weighted by molar-refractivity contribution is 7.14. The maximum Gasteiger partial charge on any atom is 0.183 e. The molecule has 4 nitrogen and oxygen atoms in total. The fourth-order valence-electron chi connectivity index (χ4n) is 1.08. The summed E-state index contributed by atoms with van der Waals surface area (Å²) in [6, 6.07) is 1.89. The largest absolute Gasteiger partial charge is 0.472 e. The lowest BCUT2D eigenvalue weighted by Crippen LogP contribution is -2.12. The summed E-state index contributed by atoms with van der Waals surface area (Å²) in [5, 5.41) is 6.01. The van der Waals surface area contributed by atoms with E-state index in [1.807, 2.05) is 11.4 Å². The zero-order valence-corrected chi connectivity index (χ0v) is 8.38. The third-order valence-corrected chi connectivity index (χ3v) is 2.54. The molecule has 2 heterocycles. The van der Waals surface area contributed by atoms with Gasteiger partial charge in [-0.25, -0.2) is 4.98 Å². The number of nitrogens with zero attached hydrogens (tertiary/aromatic N) is 1. The number of hydrogen-bond acceptors (Lipinski definition) is 5. The van der Waals surface area contributed by atoms with Gasteiger partial charge >= 0.3 is 0 Å². The van der Waals surface area contributed by atoms with E-state index in [2.05, 4.69) is 10.3 Å². The Balaban J connectivity index is 2.10. The van der Waals surface area contributed by atoms with Crippen molar-refractivity contribution in [1.29, 1.82) is 0 Å². The molecule has 0 aliphatic heterocycles. The third-order valence-electron chi connectivity index (χ3n) is 1.74. The minimum atomic E-state index is 0.612. The van der Waals surface area contributed by atoms with Crippen LogP contribution in [0.4, 0.5) is 5.13 Å². The SMILES string of the molecule is NCCNc1nc(-c2ccoc2)cs1. The molecule has 0 aliphatic carbocycles. The monoisotopic (exact) mass is 209 g/mol. The molecule has 0 bridgehead atoms. The Bertz CT molecular complexity index is 382. The van der Waals surface area contributed by atoms with Crippen LogP contribution in [0.3, 0.4) is 0 Å². The predicted octanol–water partition coefficient (Wildman–Crippen LogP) is 1.77. The second kappa shape index (κ2) is 4.26. The van der Waals surface area contributed by atoms with Gasteiger partial charge in [-0.2, -0.15) is 0 Å². The highest BCUT2D eigenvalue weighted by atomic mass is 32.1. The van der Waals surface area contributed by atoms with E-state index in [9.17, 15) is 0 Å². The summed E-state index contributed by atoms with van der Waals surface area (Å²) in [6.45, 7) is 1.36. The van der Waals surface area contributed by atoms with E-state index in [1.165, 1.54) is 0 Å². The van der Waals surface area contributed by atoms with Crippen LogP contribution in [-0.2, 0) is 0 Å². The Morgan fingerprint density at radius 1 is 1.57 bits per heavy atom. The minimum absolute atomic E-state index is 0.612. The first-order valence-corrected chi connectivity index (χ1v) is 5.20. The molecule has 2 aromatic heterocycles. The Morgan fingerprint density at radius 3 is 3.21 bits per heavy atom. The second-order valence-electron chi connectivity index (χ2n) is 2.77. The molecule has 0 atom stereocenters. The van der Waals surface area contributed by atoms with Crippen LogP contribution >= 0.6 is 11.3 Å². The fourth-order valence-corrected chi connectivity index (χ4v) is 1.83. The number of anilines is 1. The molecule has 0 spiro atoms. The average molecular weight is 209 g/mol. The first-order valence-electron chi connectivity index (χ1n) is 4.32. The Morgan fingerprint density at radius 2 is 2.50 bits per heavy atom. The highest BCUT2D eigenvalue weighted by Crippen LogP contribution is 2.24. The molecule has 0 fully saturated rings. The zero-order chi connectivity index (χ0) is 9.80. The van der Waals surface area contributed by atoms with Crippen LogP contribution in [0.2, 0.25) is 0 Å². The van der Waals surface area contributed by atoms with Gasteiger partial charge in [-0.3, -0.25) is 0 Å². The van der Waals surface area contributed by atoms with Gasteiger partial charge in [0.25, 0.3) is 0 Å². The van der Waals surface area contributed by atoms with Crippen LogP contribution in [0.25, 0.3) is 11.3 Å². The summed E-state index contributed by atoms with van der Waals surface area (Å²) in [5.41, 5.74) is 7.31. The number of furan rings is 1. The van der Waals surface area contributed by atoms with Crippen LogP contribution in [0.5, 0.6) is 0 Å². The number of rotatable bonds is 4. The van der Waals surface area contributed by atoms with Gasteiger partial charge in [0.15, 0.2) is 5.13 Å². The zero-order valence-electron chi connectivity index (χ0n) is 7.56. The number of nitrogens with one attached hydrogen (secondary N) is 1. The quantitative estimate of drug-likeness (QED) is 0.805. The van der Waals surface area contributed by atoms with Gasteiger partial charge in [0.2, 0.25) is 0 Å². The van der Waals surface area contributed by atoms with E-state index in [4.69, 9.17) is 10.2 Å². The first-order chi connectivity index (χ1) is 6.90. The normalized spacial score (nSPS) is 10.4. The molecular formula is C9H11N3OS. The van der Waals surface area contributed by atoms with E-state index in [-0.39, 0.29) is 0 Å². The first kappa shape index (κ1) is 9.23. The topological polar surface area (TPSA) is 64.1 Å². The number of hydrogen-bond donors (Lipinski definition) is 2. The van der Waals surface area contributed by atoms with Gasteiger partial charge in [0.1, 0.15) is 0 Å². The molecule has 0 aromatic carbocycles. The van der Waals surface area contributed by atoms with Crippen molar-refractivity contribution in [3.8, 4) is 11.3 Å². The molecule has 3 N–H and O–H groups in total. The van der Waals surface area contributed by atoms with Crippen molar-refractivity contribution in [3.05, 3.63) is 24.0 Å². The molecule has 5 heteroatoms. The second-order valence-corrected chi connectivity index (χ2v) is 3.62. The number of nitrogens with two attached hydrogens (primary N) is 1. The van der Waals surface area contributed by atoms with Crippen molar-refractivity contribution in [2.75, 3.05) is 18.4 Å². The van der Waals surface area contributed by atoms with Crippen molar-refractivity contribution in [2.24, 2.45) is 5.73 Å². The molecule has 0 saturated heterocycles. The average Bonchev–Trinajstić information content (AvgIpc) is 2.85. The molecule has 0 amide bonds. The molecule has 0 aliphatic rings. The van der Waals surface area contributed by atoms with Crippen LogP contribution in [0.15, 0.2) is 28.4 Å². The summed E-state index contributed by atoms with van der Waals surface area (Å²) in [6.07, 6.45) is 3.32. The lowest BCUT2D eigenvalue weighted by atomic mass is 10.3. The Hall–Kier alpha value is -1.33. The molecule has 2 aromatic rings. The lowest BCUT2D eigenvalue weighted by molar-refractivity contribution is 0.568. The van der Waals surface area contributed by atoms with Gasteiger partial charge < -0.3 is 15.5 Å². The molecule has 0 radical (unpaired) electrons. The fraction of sp³-hybridized carbons (Fsp3) is 0.222. The number of thiazole rings is 1. The lowest BCUT2D eigenvalue weighted by Gasteiger charge is -1.96. The summed E-state index contributed by atoms with van der Waals surface area (Å²) in [5.74, 6) is 0. The molecule has 14 heavy (non-hydrogen) atoms. The molecule has 0 unspecified atom stereocenters. The molecule has 74 valence electrons. The minimum Gasteiger partial charge on any atom is -0.472 e. The van der Waals surface area contributed by atoms with Gasteiger partial charge in [0.05, 0.1) is 18.2 Å². The van der Waals surface area contributed by atoms with Crippen LogP contribution in [0.1, 0.15) is 0 Å². The summed E-state index contributed by atoms with van der Waals surface area (Å²) in [4.78, 5) is 4.38. The van der Waals surface area contributed by atoms with Crippen molar-refractivity contribution in [3.63, 3.8) is 0 Å². The van der Waals surface area contributed by atoms with Gasteiger partial charge in [-0.05, 0) is 6.07 Å². The van der Waals surface area contributed by atoms with Gasteiger partial charge in [-0.1, -0.05) is 0 Å². The smallest absolute Gasteiger partial charge is 0.183 e. The van der Waals surface area contributed by atoms with Gasteiger partial charge in [-0.15, -0.1) is 11.3 Å². The third kappa shape index (κ3) is 1.94. The van der Waals surface area contributed by atoms with E-state index in [0.717, 1.165) is 22.9 Å². The van der Waals surface area contributed by atoms with Crippen molar-refractivity contribution < 1.29 is 4.42 Å². The van der Waals surface area contributed by atoms with Crippen molar-refractivity contribution in [2.45, 2.75) is 0 Å². The van der Waals surface area contributed by atoms with E-state index in [1.54, 1.807) is 23.9 Å². The standard InChI is InChI=1S/C9H11N3OS/c10-2-3-11-9-12-8(6-14-9)7-1-4-13-5-7/h1,4-6H,2-3,10H2,(H,11,12).